The van der Waals surface area contributed by atoms with Crippen LogP contribution in [-0.4, -0.2) is 51.0 Å². The van der Waals surface area contributed by atoms with Crippen LogP contribution in [-0.2, 0) is 0 Å². The number of rotatable bonds is 2. The lowest BCUT2D eigenvalue weighted by molar-refractivity contribution is 0.126. The summed E-state index contributed by atoms with van der Waals surface area (Å²) < 4.78 is 16.9. The molecule has 4 aromatic rings. The summed E-state index contributed by atoms with van der Waals surface area (Å²) in [5, 5.41) is 17.3. The average molecular weight is 417 g/mol. The van der Waals surface area contributed by atoms with Crippen LogP contribution >= 0.6 is 0 Å². The third-order valence-electron chi connectivity index (χ3n) is 6.81. The smallest absolute Gasteiger partial charge is 0.156 e. The predicted octanol–water partition coefficient (Wildman–Crippen LogP) is 3.29. The Morgan fingerprint density at radius 1 is 1.03 bits per heavy atom. The normalized spacial score (nSPS) is 18.1. The molecular formula is C23H24FN7. The Labute approximate surface area is 179 Å². The third kappa shape index (κ3) is 3.05. The van der Waals surface area contributed by atoms with Gasteiger partial charge in [0.05, 0.1) is 23.1 Å². The van der Waals surface area contributed by atoms with Crippen LogP contribution in [0.5, 0.6) is 0 Å². The van der Waals surface area contributed by atoms with Gasteiger partial charge in [0.1, 0.15) is 5.82 Å². The van der Waals surface area contributed by atoms with Gasteiger partial charge in [-0.3, -0.25) is 0 Å². The van der Waals surface area contributed by atoms with Crippen molar-refractivity contribution in [2.24, 2.45) is 5.41 Å². The van der Waals surface area contributed by atoms with E-state index in [4.69, 9.17) is 0 Å². The molecule has 3 aromatic heterocycles. The van der Waals surface area contributed by atoms with Crippen LogP contribution in [0, 0.1) is 25.1 Å². The van der Waals surface area contributed by atoms with Crippen LogP contribution in [0.2, 0.25) is 0 Å². The fourth-order valence-electron chi connectivity index (χ4n) is 4.82. The maximum atomic E-state index is 15.1. The summed E-state index contributed by atoms with van der Waals surface area (Å²) in [6.07, 6.45) is 4.16. The van der Waals surface area contributed by atoms with Gasteiger partial charge in [0.25, 0.3) is 0 Å². The second-order valence-electron chi connectivity index (χ2n) is 9.05. The van der Waals surface area contributed by atoms with Crippen LogP contribution < -0.4 is 10.2 Å². The molecule has 2 saturated heterocycles. The fraction of sp³-hybridized carbons (Fsp3) is 0.391. The van der Waals surface area contributed by atoms with Gasteiger partial charge in [-0.05, 0) is 61.9 Å². The molecular weight excluding hydrogens is 393 g/mol. The summed E-state index contributed by atoms with van der Waals surface area (Å²) in [4.78, 5) is 6.71. The monoisotopic (exact) mass is 417 g/mol. The summed E-state index contributed by atoms with van der Waals surface area (Å²) in [5.74, 6) is 0.451. The summed E-state index contributed by atoms with van der Waals surface area (Å²) in [6, 6.07) is 7.16. The molecule has 158 valence electrons. The number of hydrogen-bond donors (Lipinski definition) is 1. The van der Waals surface area contributed by atoms with Crippen molar-refractivity contribution in [2.75, 3.05) is 31.1 Å². The number of nitrogens with zero attached hydrogens (tertiary/aromatic N) is 6. The number of aromatic nitrogens is 5. The second-order valence-corrected chi connectivity index (χ2v) is 9.05. The van der Waals surface area contributed by atoms with E-state index in [2.05, 4.69) is 30.5 Å². The minimum absolute atomic E-state index is 0.304. The third-order valence-corrected chi connectivity index (χ3v) is 6.81. The first-order valence-corrected chi connectivity index (χ1v) is 10.8. The fourth-order valence-corrected chi connectivity index (χ4v) is 4.82. The van der Waals surface area contributed by atoms with Crippen LogP contribution in [0.1, 0.15) is 24.1 Å². The lowest BCUT2D eigenvalue weighted by Gasteiger charge is -2.48. The summed E-state index contributed by atoms with van der Waals surface area (Å²) >= 11 is 0. The molecule has 1 N–H and O–H groups in total. The highest BCUT2D eigenvalue weighted by Crippen LogP contribution is 2.36. The topological polar surface area (TPSA) is 71.2 Å². The summed E-state index contributed by atoms with van der Waals surface area (Å²) in [7, 11) is 0. The largest absolute Gasteiger partial charge is 0.355 e. The van der Waals surface area contributed by atoms with Gasteiger partial charge < -0.3 is 10.2 Å². The van der Waals surface area contributed by atoms with E-state index in [0.717, 1.165) is 61.7 Å². The first kappa shape index (κ1) is 18.6. The number of hydrogen-bond acceptors (Lipinski definition) is 6. The van der Waals surface area contributed by atoms with Crippen LogP contribution in [0.3, 0.4) is 0 Å². The van der Waals surface area contributed by atoms with Crippen molar-refractivity contribution >= 4 is 22.4 Å². The molecule has 2 fully saturated rings. The van der Waals surface area contributed by atoms with E-state index >= 15 is 4.39 Å². The number of fused-ring (bicyclic) bond motifs is 2. The zero-order valence-corrected chi connectivity index (χ0v) is 17.7. The SMILES string of the molecule is Cc1cn2nc(-c3cc(F)c4cc(N5CCC6(CC5)CNC6)nnc4c3)cc(C)c2n1. The molecule has 0 atom stereocenters. The van der Waals surface area contributed by atoms with Crippen molar-refractivity contribution in [1.82, 2.24) is 30.1 Å². The summed E-state index contributed by atoms with van der Waals surface area (Å²) in [6.45, 7) is 8.02. The Hall–Kier alpha value is -3.13. The second kappa shape index (κ2) is 6.68. The van der Waals surface area contributed by atoms with Gasteiger partial charge in [-0.25, -0.2) is 13.9 Å². The van der Waals surface area contributed by atoms with Gasteiger partial charge in [-0.1, -0.05) is 0 Å². The first-order valence-electron chi connectivity index (χ1n) is 10.8. The maximum absolute atomic E-state index is 15.1. The maximum Gasteiger partial charge on any atom is 0.156 e. The molecule has 2 aliphatic heterocycles. The van der Waals surface area contributed by atoms with E-state index in [-0.39, 0.29) is 5.82 Å². The van der Waals surface area contributed by atoms with Gasteiger partial charge in [-0.2, -0.15) is 5.10 Å². The lowest BCUT2D eigenvalue weighted by atomic mass is 9.73. The predicted molar refractivity (Wildman–Crippen MR) is 118 cm³/mol. The standard InChI is InChI=1S/C23H24FN7/c1-14-7-19(29-31-11-15(2)26-22(14)31)16-8-18(24)17-10-21(28-27-20(17)9-16)30-5-3-23(4-6-30)12-25-13-23/h7-11,25H,3-6,12-13H2,1-2H3. The van der Waals surface area contributed by atoms with E-state index in [1.807, 2.05) is 38.2 Å². The van der Waals surface area contributed by atoms with Gasteiger partial charge >= 0.3 is 0 Å². The number of nitrogens with one attached hydrogen (secondary N) is 1. The Kier molecular flexibility index (Phi) is 4.02. The quantitative estimate of drug-likeness (QED) is 0.540. The molecule has 7 nitrogen and oxygen atoms in total. The molecule has 31 heavy (non-hydrogen) atoms. The number of anilines is 1. The molecule has 0 bridgehead atoms. The van der Waals surface area contributed by atoms with Crippen LogP contribution in [0.25, 0.3) is 27.8 Å². The molecule has 0 unspecified atom stereocenters. The van der Waals surface area contributed by atoms with Crippen molar-refractivity contribution in [3.05, 3.63) is 47.5 Å². The van der Waals surface area contributed by atoms with E-state index in [9.17, 15) is 0 Å². The number of imidazole rings is 1. The molecule has 6 rings (SSSR count). The molecule has 1 spiro atoms. The first-order chi connectivity index (χ1) is 15.0. The molecule has 1 aromatic carbocycles. The molecule has 0 radical (unpaired) electrons. The Balaban J connectivity index is 1.35. The zero-order valence-electron chi connectivity index (χ0n) is 17.7. The van der Waals surface area contributed by atoms with Gasteiger partial charge in [0, 0.05) is 37.1 Å². The highest BCUT2D eigenvalue weighted by Gasteiger charge is 2.39. The Morgan fingerprint density at radius 2 is 1.84 bits per heavy atom. The Morgan fingerprint density at radius 3 is 2.58 bits per heavy atom. The minimum Gasteiger partial charge on any atom is -0.355 e. The van der Waals surface area contributed by atoms with Crippen molar-refractivity contribution < 1.29 is 4.39 Å². The number of halogens is 1. The van der Waals surface area contributed by atoms with Gasteiger partial charge in [-0.15, -0.1) is 10.2 Å². The van der Waals surface area contributed by atoms with Crippen molar-refractivity contribution in [3.63, 3.8) is 0 Å². The van der Waals surface area contributed by atoms with Crippen LogP contribution in [0.4, 0.5) is 10.2 Å². The zero-order chi connectivity index (χ0) is 21.2. The average Bonchev–Trinajstić information content (AvgIpc) is 3.13. The number of aryl methyl sites for hydroxylation is 2. The summed E-state index contributed by atoms with van der Waals surface area (Å²) in [5.41, 5.74) is 5.06. The molecule has 0 aliphatic carbocycles. The van der Waals surface area contributed by atoms with Crippen molar-refractivity contribution in [3.8, 4) is 11.3 Å². The molecule has 2 aliphatic rings. The number of piperidine rings is 1. The Bertz CT molecular complexity index is 1310. The van der Waals surface area contributed by atoms with Crippen molar-refractivity contribution in [1.29, 1.82) is 0 Å². The van der Waals surface area contributed by atoms with Gasteiger partial charge in [0.2, 0.25) is 0 Å². The van der Waals surface area contributed by atoms with E-state index in [1.54, 1.807) is 4.52 Å². The van der Waals surface area contributed by atoms with E-state index < -0.39 is 0 Å². The minimum atomic E-state index is -0.304. The van der Waals surface area contributed by atoms with E-state index in [1.165, 1.54) is 6.07 Å². The van der Waals surface area contributed by atoms with E-state index in [0.29, 0.717) is 27.6 Å². The van der Waals surface area contributed by atoms with Crippen LogP contribution in [0.15, 0.2) is 30.5 Å². The molecule has 8 heteroatoms. The highest BCUT2D eigenvalue weighted by atomic mass is 19.1. The molecule has 5 heterocycles. The molecule has 0 saturated carbocycles. The lowest BCUT2D eigenvalue weighted by Crippen LogP contribution is -2.58. The number of benzene rings is 1. The highest BCUT2D eigenvalue weighted by molar-refractivity contribution is 5.85. The van der Waals surface area contributed by atoms with Gasteiger partial charge in [0.15, 0.2) is 11.5 Å². The molecule has 0 amide bonds. The van der Waals surface area contributed by atoms with Crippen molar-refractivity contribution in [2.45, 2.75) is 26.7 Å².